The quantitative estimate of drug-likeness (QED) is 0.812. The summed E-state index contributed by atoms with van der Waals surface area (Å²) in [5, 5.41) is 9.62. The van der Waals surface area contributed by atoms with Crippen molar-refractivity contribution in [3.63, 3.8) is 0 Å². The van der Waals surface area contributed by atoms with E-state index in [-0.39, 0.29) is 18.3 Å². The summed E-state index contributed by atoms with van der Waals surface area (Å²) in [4.78, 5) is 15.6. The van der Waals surface area contributed by atoms with E-state index in [0.717, 1.165) is 67.2 Å². The van der Waals surface area contributed by atoms with E-state index in [2.05, 4.69) is 15.4 Å². The molecule has 26 heavy (non-hydrogen) atoms. The lowest BCUT2D eigenvalue weighted by Crippen LogP contribution is -2.34. The molecule has 0 radical (unpaired) electrons. The highest BCUT2D eigenvalue weighted by Crippen LogP contribution is 2.28. The summed E-state index contributed by atoms with van der Waals surface area (Å²) >= 11 is 3.26. The summed E-state index contributed by atoms with van der Waals surface area (Å²) in [7, 11) is 0. The van der Waals surface area contributed by atoms with Crippen LogP contribution in [0.3, 0.4) is 0 Å². The number of carbonyl (C=O) groups excluding carboxylic acids is 1. The molecule has 1 N–H and O–H groups in total. The maximum Gasteiger partial charge on any atom is 0.232 e. The Labute approximate surface area is 168 Å². The molecule has 4 rings (SSSR count). The molecule has 2 aliphatic heterocycles. The number of rotatable bonds is 5. The smallest absolute Gasteiger partial charge is 0.232 e. The largest absolute Gasteiger partial charge is 0.355 e. The zero-order chi connectivity index (χ0) is 17.1. The number of thiophene rings is 1. The molecule has 0 unspecified atom stereocenters. The SMILES string of the molecule is Cl.O=C(CSCc1cc(-c2cccs2)on1)N1CC[C@@H]2CNC[C@@H]2CC1. The Morgan fingerprint density at radius 1 is 1.35 bits per heavy atom. The van der Waals surface area contributed by atoms with E-state index in [1.54, 1.807) is 23.1 Å². The van der Waals surface area contributed by atoms with Crippen molar-refractivity contribution >= 4 is 41.4 Å². The van der Waals surface area contributed by atoms with Gasteiger partial charge in [0.1, 0.15) is 0 Å². The Morgan fingerprint density at radius 3 is 2.81 bits per heavy atom. The normalized spacial score (nSPS) is 22.5. The van der Waals surface area contributed by atoms with Crippen molar-refractivity contribution in [1.82, 2.24) is 15.4 Å². The van der Waals surface area contributed by atoms with E-state index in [1.165, 1.54) is 0 Å². The minimum atomic E-state index is 0. The Bertz CT molecular complexity index is 693. The van der Waals surface area contributed by atoms with E-state index in [4.69, 9.17) is 4.52 Å². The molecule has 5 nitrogen and oxygen atoms in total. The predicted octanol–water partition coefficient (Wildman–Crippen LogP) is 3.52. The van der Waals surface area contributed by atoms with Crippen LogP contribution in [0.4, 0.5) is 0 Å². The van der Waals surface area contributed by atoms with Crippen LogP contribution in [0.2, 0.25) is 0 Å². The molecule has 2 aliphatic rings. The van der Waals surface area contributed by atoms with Gasteiger partial charge in [-0.15, -0.1) is 35.5 Å². The Morgan fingerprint density at radius 2 is 2.12 bits per heavy atom. The molecule has 0 aromatic carbocycles. The number of hydrogen-bond acceptors (Lipinski definition) is 6. The van der Waals surface area contributed by atoms with Gasteiger partial charge in [0.2, 0.25) is 5.91 Å². The molecule has 2 atom stereocenters. The Hall–Kier alpha value is -1.02. The van der Waals surface area contributed by atoms with Crippen LogP contribution in [0.1, 0.15) is 18.5 Å². The second kappa shape index (κ2) is 9.26. The topological polar surface area (TPSA) is 58.4 Å². The average Bonchev–Trinajstić information content (AvgIpc) is 3.35. The summed E-state index contributed by atoms with van der Waals surface area (Å²) in [5.74, 6) is 3.83. The van der Waals surface area contributed by atoms with Crippen LogP contribution in [0.5, 0.6) is 0 Å². The number of nitrogens with zero attached hydrogens (tertiary/aromatic N) is 2. The predicted molar refractivity (Wildman–Crippen MR) is 109 cm³/mol. The molecular formula is C18H24ClN3O2S2. The van der Waals surface area contributed by atoms with Gasteiger partial charge in [-0.1, -0.05) is 11.2 Å². The monoisotopic (exact) mass is 413 g/mol. The van der Waals surface area contributed by atoms with Crippen molar-refractivity contribution in [2.24, 2.45) is 11.8 Å². The fraction of sp³-hybridized carbons (Fsp3) is 0.556. The standard InChI is InChI=1S/C18H23N3O2S2.ClH/c22-18(21-5-3-13-9-19-10-14(13)4-6-21)12-24-11-15-8-16(23-20-15)17-2-1-7-25-17;/h1-2,7-8,13-14,19H,3-6,9-12H2;1H/t13-,14+;. The second-order valence-electron chi connectivity index (χ2n) is 6.79. The molecule has 1 amide bonds. The molecule has 0 saturated carbocycles. The highest BCUT2D eigenvalue weighted by molar-refractivity contribution is 7.99. The van der Waals surface area contributed by atoms with Crippen LogP contribution in [-0.2, 0) is 10.5 Å². The van der Waals surface area contributed by atoms with Gasteiger partial charge in [0.05, 0.1) is 16.3 Å². The lowest BCUT2D eigenvalue weighted by atomic mass is 9.92. The van der Waals surface area contributed by atoms with E-state index < -0.39 is 0 Å². The maximum absolute atomic E-state index is 12.5. The molecule has 0 spiro atoms. The molecule has 2 aromatic heterocycles. The van der Waals surface area contributed by atoms with Gasteiger partial charge in [-0.2, -0.15) is 0 Å². The number of carbonyl (C=O) groups is 1. The first kappa shape index (κ1) is 19.7. The first-order valence-electron chi connectivity index (χ1n) is 8.85. The number of thioether (sulfide) groups is 1. The van der Waals surface area contributed by atoms with E-state index >= 15 is 0 Å². The van der Waals surface area contributed by atoms with Crippen molar-refractivity contribution in [2.45, 2.75) is 18.6 Å². The molecular weight excluding hydrogens is 390 g/mol. The number of likely N-dealkylation sites (tertiary alicyclic amines) is 1. The van der Waals surface area contributed by atoms with Crippen LogP contribution in [-0.4, -0.2) is 47.9 Å². The third kappa shape index (κ3) is 4.63. The number of nitrogens with one attached hydrogen (secondary N) is 1. The fourth-order valence-electron chi connectivity index (χ4n) is 3.72. The Kier molecular flexibility index (Phi) is 7.03. The van der Waals surface area contributed by atoms with Gasteiger partial charge in [-0.3, -0.25) is 4.79 Å². The molecule has 8 heteroatoms. The number of hydrogen-bond donors (Lipinski definition) is 1. The fourth-order valence-corrected chi connectivity index (χ4v) is 5.19. The number of halogens is 1. The minimum absolute atomic E-state index is 0. The van der Waals surface area contributed by atoms with Crippen molar-refractivity contribution in [2.75, 3.05) is 31.9 Å². The van der Waals surface area contributed by atoms with Gasteiger partial charge in [0.15, 0.2) is 5.76 Å². The van der Waals surface area contributed by atoms with Crippen LogP contribution in [0.25, 0.3) is 10.6 Å². The molecule has 2 aromatic rings. The summed E-state index contributed by atoms with van der Waals surface area (Å²) in [6, 6.07) is 6.00. The van der Waals surface area contributed by atoms with Gasteiger partial charge in [0.25, 0.3) is 0 Å². The number of amides is 1. The average molecular weight is 414 g/mol. The zero-order valence-corrected chi connectivity index (χ0v) is 17.0. The first-order chi connectivity index (χ1) is 12.3. The number of fused-ring (bicyclic) bond motifs is 1. The van der Waals surface area contributed by atoms with Crippen molar-refractivity contribution < 1.29 is 9.32 Å². The van der Waals surface area contributed by atoms with Gasteiger partial charge < -0.3 is 14.7 Å². The van der Waals surface area contributed by atoms with Crippen LogP contribution in [0.15, 0.2) is 28.1 Å². The third-order valence-electron chi connectivity index (χ3n) is 5.17. The summed E-state index contributed by atoms with van der Waals surface area (Å²) in [6.07, 6.45) is 2.28. The molecule has 142 valence electrons. The molecule has 2 saturated heterocycles. The summed E-state index contributed by atoms with van der Waals surface area (Å²) in [6.45, 7) is 4.07. The second-order valence-corrected chi connectivity index (χ2v) is 8.72. The van der Waals surface area contributed by atoms with E-state index in [0.29, 0.717) is 11.5 Å². The van der Waals surface area contributed by atoms with E-state index in [1.807, 2.05) is 23.6 Å². The Balaban J connectivity index is 0.00000196. The number of aromatic nitrogens is 1. The van der Waals surface area contributed by atoms with Crippen molar-refractivity contribution in [3.8, 4) is 10.6 Å². The van der Waals surface area contributed by atoms with Crippen molar-refractivity contribution in [1.29, 1.82) is 0 Å². The van der Waals surface area contributed by atoms with Crippen molar-refractivity contribution in [3.05, 3.63) is 29.3 Å². The molecule has 0 aliphatic carbocycles. The van der Waals surface area contributed by atoms with Gasteiger partial charge in [-0.25, -0.2) is 0 Å². The van der Waals surface area contributed by atoms with Crippen LogP contribution in [0, 0.1) is 11.8 Å². The first-order valence-corrected chi connectivity index (χ1v) is 10.9. The lowest BCUT2D eigenvalue weighted by Gasteiger charge is -2.20. The van der Waals surface area contributed by atoms with Gasteiger partial charge in [-0.05, 0) is 49.2 Å². The van der Waals surface area contributed by atoms with Crippen LogP contribution < -0.4 is 5.32 Å². The van der Waals surface area contributed by atoms with Gasteiger partial charge >= 0.3 is 0 Å². The lowest BCUT2D eigenvalue weighted by molar-refractivity contribution is -0.128. The minimum Gasteiger partial charge on any atom is -0.355 e. The third-order valence-corrected chi connectivity index (χ3v) is 7.01. The van der Waals surface area contributed by atoms with Gasteiger partial charge in [0, 0.05) is 24.9 Å². The summed E-state index contributed by atoms with van der Waals surface area (Å²) in [5.41, 5.74) is 0.901. The van der Waals surface area contributed by atoms with E-state index in [9.17, 15) is 4.79 Å². The molecule has 0 bridgehead atoms. The molecule has 2 fully saturated rings. The molecule has 4 heterocycles. The zero-order valence-electron chi connectivity index (χ0n) is 14.6. The summed E-state index contributed by atoms with van der Waals surface area (Å²) < 4.78 is 5.39. The maximum atomic E-state index is 12.5. The highest BCUT2D eigenvalue weighted by atomic mass is 35.5. The van der Waals surface area contributed by atoms with Crippen LogP contribution >= 0.6 is 35.5 Å². The highest BCUT2D eigenvalue weighted by Gasteiger charge is 2.31.